The van der Waals surface area contributed by atoms with Gasteiger partial charge in [-0.1, -0.05) is 12.1 Å². The van der Waals surface area contributed by atoms with Gasteiger partial charge in [-0.3, -0.25) is 14.9 Å². The van der Waals surface area contributed by atoms with Gasteiger partial charge in [0.25, 0.3) is 0 Å². The lowest BCUT2D eigenvalue weighted by molar-refractivity contribution is -0.126. The molecule has 2 fully saturated rings. The number of carbonyl (C=O) groups is 2. The smallest absolute Gasteiger partial charge is 0.246 e. The summed E-state index contributed by atoms with van der Waals surface area (Å²) in [5.74, 6) is -1.54. The second-order valence-electron chi connectivity index (χ2n) is 5.73. The first-order chi connectivity index (χ1) is 10.5. The van der Waals surface area contributed by atoms with Crippen LogP contribution in [0.15, 0.2) is 23.1 Å². The Bertz CT molecular complexity index is 766. The second kappa shape index (κ2) is 4.53. The number of rotatable bonds is 2. The van der Waals surface area contributed by atoms with Gasteiger partial charge in [-0.25, -0.2) is 8.42 Å². The minimum Gasteiger partial charge on any atom is -0.492 e. The molecule has 2 saturated heterocycles. The molecular formula is C14H14N2O5S. The number of carbonyl (C=O) groups excluding carboxylic acids is 2. The molecule has 0 bridgehead atoms. The van der Waals surface area contributed by atoms with Crippen LogP contribution in [-0.2, 0) is 26.0 Å². The summed E-state index contributed by atoms with van der Waals surface area (Å²) in [5.41, 5.74) is 0.870. The van der Waals surface area contributed by atoms with Crippen LogP contribution in [0.3, 0.4) is 0 Å². The predicted octanol–water partition coefficient (Wildman–Crippen LogP) is -0.485. The number of ether oxygens (including phenoxy) is 1. The molecule has 2 amide bonds. The molecule has 0 aromatic heterocycles. The lowest BCUT2D eigenvalue weighted by Crippen LogP contribution is -2.35. The number of fused-ring (bicyclic) bond motifs is 2. The number of benzene rings is 1. The molecule has 0 saturated carbocycles. The van der Waals surface area contributed by atoms with Gasteiger partial charge in [0.05, 0.1) is 18.4 Å². The van der Waals surface area contributed by atoms with Crippen molar-refractivity contribution >= 4 is 21.8 Å². The van der Waals surface area contributed by atoms with E-state index in [1.165, 1.54) is 10.4 Å². The highest BCUT2D eigenvalue weighted by Gasteiger charge is 2.51. The highest BCUT2D eigenvalue weighted by Crippen LogP contribution is 2.38. The maximum atomic E-state index is 12.8. The van der Waals surface area contributed by atoms with Gasteiger partial charge in [0.2, 0.25) is 21.8 Å². The van der Waals surface area contributed by atoms with Gasteiger partial charge in [-0.2, -0.15) is 4.31 Å². The Balaban J connectivity index is 1.70. The number of hydrogen-bond acceptors (Lipinski definition) is 5. The van der Waals surface area contributed by atoms with Gasteiger partial charge in [0.1, 0.15) is 10.6 Å². The van der Waals surface area contributed by atoms with Crippen molar-refractivity contribution in [2.24, 2.45) is 11.8 Å². The van der Waals surface area contributed by atoms with Gasteiger partial charge in [-0.05, 0) is 11.6 Å². The molecule has 1 aromatic rings. The van der Waals surface area contributed by atoms with E-state index in [0.717, 1.165) is 5.56 Å². The predicted molar refractivity (Wildman–Crippen MR) is 74.5 cm³/mol. The molecule has 0 unspecified atom stereocenters. The molecule has 4 rings (SSSR count). The van der Waals surface area contributed by atoms with Crippen molar-refractivity contribution in [1.29, 1.82) is 0 Å². The van der Waals surface area contributed by atoms with Crippen LogP contribution in [0.5, 0.6) is 5.75 Å². The Morgan fingerprint density at radius 2 is 1.82 bits per heavy atom. The molecule has 3 heterocycles. The maximum absolute atomic E-state index is 12.8. The van der Waals surface area contributed by atoms with E-state index in [0.29, 0.717) is 18.8 Å². The Kier molecular flexibility index (Phi) is 2.82. The summed E-state index contributed by atoms with van der Waals surface area (Å²) in [6.45, 7) is 0.538. The normalized spacial score (nSPS) is 27.5. The molecule has 3 aliphatic rings. The van der Waals surface area contributed by atoms with Gasteiger partial charge in [0.15, 0.2) is 0 Å². The fourth-order valence-electron chi connectivity index (χ4n) is 3.33. The number of nitrogens with one attached hydrogen (secondary N) is 1. The molecule has 2 atom stereocenters. The molecule has 116 valence electrons. The number of para-hydroxylation sites is 1. The van der Waals surface area contributed by atoms with Crippen molar-refractivity contribution in [3.63, 3.8) is 0 Å². The van der Waals surface area contributed by atoms with Gasteiger partial charge in [-0.15, -0.1) is 0 Å². The summed E-state index contributed by atoms with van der Waals surface area (Å²) >= 11 is 0. The quantitative estimate of drug-likeness (QED) is 0.742. The zero-order valence-corrected chi connectivity index (χ0v) is 12.4. The van der Waals surface area contributed by atoms with Crippen molar-refractivity contribution in [3.05, 3.63) is 23.8 Å². The SMILES string of the molecule is O=C1NC(=O)[C@@H]2CN(S(=O)(=O)c3cccc4c3OCC4)C[C@H]12. The summed E-state index contributed by atoms with van der Waals surface area (Å²) < 4.78 is 32.4. The molecule has 0 aliphatic carbocycles. The molecule has 22 heavy (non-hydrogen) atoms. The van der Waals surface area contributed by atoms with Crippen LogP contribution in [0.4, 0.5) is 0 Å². The number of sulfonamides is 1. The summed E-state index contributed by atoms with van der Waals surface area (Å²) in [7, 11) is -3.78. The number of nitrogens with zero attached hydrogens (tertiary/aromatic N) is 1. The van der Waals surface area contributed by atoms with E-state index in [-0.39, 0.29) is 29.8 Å². The van der Waals surface area contributed by atoms with Crippen molar-refractivity contribution < 1.29 is 22.7 Å². The lowest BCUT2D eigenvalue weighted by atomic mass is 10.00. The van der Waals surface area contributed by atoms with Gasteiger partial charge >= 0.3 is 0 Å². The van der Waals surface area contributed by atoms with Crippen molar-refractivity contribution in [3.8, 4) is 5.75 Å². The van der Waals surface area contributed by atoms with E-state index < -0.39 is 21.9 Å². The summed E-state index contributed by atoms with van der Waals surface area (Å²) in [6, 6.07) is 5.04. The lowest BCUT2D eigenvalue weighted by Gasteiger charge is -2.18. The third-order valence-electron chi connectivity index (χ3n) is 4.50. The summed E-state index contributed by atoms with van der Waals surface area (Å²) in [6.07, 6.45) is 0.685. The Morgan fingerprint density at radius 1 is 1.14 bits per heavy atom. The Morgan fingerprint density at radius 3 is 2.50 bits per heavy atom. The standard InChI is InChI=1S/C14H14N2O5S/c17-13-9-6-16(7-10(9)14(18)15-13)22(19,20)11-3-1-2-8-4-5-21-12(8)11/h1-3,9-10H,4-7H2,(H,15,17,18)/t9-,10+. The van der Waals surface area contributed by atoms with E-state index in [1.54, 1.807) is 6.07 Å². The molecule has 7 nitrogen and oxygen atoms in total. The summed E-state index contributed by atoms with van der Waals surface area (Å²) in [4.78, 5) is 23.5. The average Bonchev–Trinajstić information content (AvgIpc) is 3.17. The highest BCUT2D eigenvalue weighted by atomic mass is 32.2. The molecule has 0 radical (unpaired) electrons. The van der Waals surface area contributed by atoms with Gasteiger partial charge in [0, 0.05) is 19.5 Å². The average molecular weight is 322 g/mol. The third-order valence-corrected chi connectivity index (χ3v) is 6.36. The molecule has 3 aliphatic heterocycles. The second-order valence-corrected chi connectivity index (χ2v) is 7.64. The largest absolute Gasteiger partial charge is 0.492 e. The molecule has 1 aromatic carbocycles. The topological polar surface area (TPSA) is 92.8 Å². The maximum Gasteiger partial charge on any atom is 0.246 e. The van der Waals surface area contributed by atoms with E-state index in [1.807, 2.05) is 6.07 Å². The molecule has 1 N–H and O–H groups in total. The third kappa shape index (κ3) is 1.80. The number of amides is 2. The first-order valence-corrected chi connectivity index (χ1v) is 8.52. The van der Waals surface area contributed by atoms with Crippen LogP contribution in [0.25, 0.3) is 0 Å². The van der Waals surface area contributed by atoms with Crippen molar-refractivity contribution in [2.75, 3.05) is 19.7 Å². The highest BCUT2D eigenvalue weighted by molar-refractivity contribution is 7.89. The molecular weight excluding hydrogens is 308 g/mol. The van der Waals surface area contributed by atoms with Crippen LogP contribution in [0.2, 0.25) is 0 Å². The fourth-order valence-corrected chi connectivity index (χ4v) is 5.00. The number of imide groups is 1. The fraction of sp³-hybridized carbons (Fsp3) is 0.429. The van der Waals surface area contributed by atoms with Crippen LogP contribution < -0.4 is 10.1 Å². The molecule has 0 spiro atoms. The first kappa shape index (κ1) is 13.7. The minimum atomic E-state index is -3.78. The first-order valence-electron chi connectivity index (χ1n) is 7.08. The molecule has 8 heteroatoms. The van der Waals surface area contributed by atoms with Crippen LogP contribution in [-0.4, -0.2) is 44.2 Å². The van der Waals surface area contributed by atoms with Crippen molar-refractivity contribution in [2.45, 2.75) is 11.3 Å². The number of hydrogen-bond donors (Lipinski definition) is 1. The van der Waals surface area contributed by atoms with E-state index in [9.17, 15) is 18.0 Å². The van der Waals surface area contributed by atoms with E-state index in [2.05, 4.69) is 5.32 Å². The summed E-state index contributed by atoms with van der Waals surface area (Å²) in [5, 5.41) is 2.25. The van der Waals surface area contributed by atoms with E-state index in [4.69, 9.17) is 4.74 Å². The zero-order valence-electron chi connectivity index (χ0n) is 11.6. The Labute approximate surface area is 127 Å². The van der Waals surface area contributed by atoms with E-state index >= 15 is 0 Å². The van der Waals surface area contributed by atoms with Crippen LogP contribution in [0, 0.1) is 11.8 Å². The monoisotopic (exact) mass is 322 g/mol. The minimum absolute atomic E-state index is 0.0360. The zero-order chi connectivity index (χ0) is 15.5. The van der Waals surface area contributed by atoms with Crippen LogP contribution in [0.1, 0.15) is 5.56 Å². The van der Waals surface area contributed by atoms with Crippen molar-refractivity contribution in [1.82, 2.24) is 9.62 Å². The van der Waals surface area contributed by atoms with Crippen LogP contribution >= 0.6 is 0 Å². The van der Waals surface area contributed by atoms with Gasteiger partial charge < -0.3 is 4.74 Å². The Hall–Kier alpha value is -1.93.